The van der Waals surface area contributed by atoms with Crippen molar-refractivity contribution < 1.29 is 5.11 Å². The Balaban J connectivity index is 1.84. The fraction of sp³-hybridized carbons (Fsp3) is 0.133. The van der Waals surface area contributed by atoms with Gasteiger partial charge in [-0.1, -0.05) is 17.7 Å². The molecule has 0 saturated carbocycles. The molecule has 0 bridgehead atoms. The van der Waals surface area contributed by atoms with Gasteiger partial charge in [-0.15, -0.1) is 0 Å². The van der Waals surface area contributed by atoms with Gasteiger partial charge in [0.1, 0.15) is 12.2 Å². The molecule has 0 fully saturated rings. The lowest BCUT2D eigenvalue weighted by Crippen LogP contribution is -2.24. The first kappa shape index (κ1) is 11.6. The predicted molar refractivity (Wildman–Crippen MR) is 73.8 cm³/mol. The molecule has 0 saturated heterocycles. The number of nitrogens with zero attached hydrogens (tertiary/aromatic N) is 2. The van der Waals surface area contributed by atoms with Gasteiger partial charge in [-0.05, 0) is 31.0 Å². The lowest BCUT2D eigenvalue weighted by molar-refractivity contribution is 0.0901. The second-order valence-corrected chi connectivity index (χ2v) is 4.41. The number of aromatic amines is 1. The molecule has 1 unspecified atom stereocenters. The number of aliphatic hydroxyl groups excluding tert-OH is 1. The van der Waals surface area contributed by atoms with Crippen LogP contribution < -0.4 is 0 Å². The minimum absolute atomic E-state index is 0.681. The van der Waals surface area contributed by atoms with E-state index in [9.17, 15) is 5.11 Å². The van der Waals surface area contributed by atoms with Crippen LogP contribution in [0.4, 0.5) is 5.82 Å². The van der Waals surface area contributed by atoms with Crippen molar-refractivity contribution in [3.05, 3.63) is 53.2 Å². The number of benzene rings is 1. The molecule has 1 aromatic heterocycles. The Morgan fingerprint density at radius 3 is 2.84 bits per heavy atom. The molecule has 4 heteroatoms. The average molecular weight is 251 g/mol. The fourth-order valence-corrected chi connectivity index (χ4v) is 1.88. The zero-order chi connectivity index (χ0) is 13.2. The second-order valence-electron chi connectivity index (χ2n) is 4.41. The maximum Gasteiger partial charge on any atom is 0.169 e. The largest absolute Gasteiger partial charge is 0.368 e. The summed E-state index contributed by atoms with van der Waals surface area (Å²) in [6.45, 7) is 2.03. The highest BCUT2D eigenvalue weighted by Crippen LogP contribution is 2.29. The molecule has 1 aliphatic heterocycles. The van der Waals surface area contributed by atoms with Gasteiger partial charge in [-0.25, -0.2) is 4.99 Å². The number of rotatable bonds is 0. The van der Waals surface area contributed by atoms with E-state index in [0.717, 1.165) is 11.1 Å². The van der Waals surface area contributed by atoms with Gasteiger partial charge < -0.3 is 10.1 Å². The summed E-state index contributed by atoms with van der Waals surface area (Å²) in [5.74, 6) is 3.69. The van der Waals surface area contributed by atoms with E-state index in [0.29, 0.717) is 5.82 Å². The molecule has 0 amide bonds. The van der Waals surface area contributed by atoms with Gasteiger partial charge >= 0.3 is 0 Å². The van der Waals surface area contributed by atoms with E-state index in [1.807, 2.05) is 31.2 Å². The summed E-state index contributed by atoms with van der Waals surface area (Å²) < 4.78 is 0. The maximum absolute atomic E-state index is 10.1. The molecule has 1 aromatic carbocycles. The summed E-state index contributed by atoms with van der Waals surface area (Å²) in [6, 6.07) is 12.6. The summed E-state index contributed by atoms with van der Waals surface area (Å²) in [4.78, 5) is 8.65. The Hall–Kier alpha value is -2.51. The van der Waals surface area contributed by atoms with Crippen LogP contribution in [0.25, 0.3) is 0 Å². The molecule has 0 radical (unpaired) electrons. The molecule has 2 N–H and O–H groups in total. The zero-order valence-electron chi connectivity index (χ0n) is 10.5. The van der Waals surface area contributed by atoms with Crippen LogP contribution in [0.3, 0.4) is 0 Å². The first-order chi connectivity index (χ1) is 9.24. The van der Waals surface area contributed by atoms with Crippen molar-refractivity contribution in [2.75, 3.05) is 0 Å². The third kappa shape index (κ3) is 2.24. The molecular weight excluding hydrogens is 238 g/mol. The molecule has 1 atom stereocenters. The topological polar surface area (TPSA) is 51.6 Å². The number of aliphatic imine (C=N–C) groups is 1. The number of aromatic nitrogens is 1. The Morgan fingerprint density at radius 2 is 2.05 bits per heavy atom. The average Bonchev–Trinajstić information content (AvgIpc) is 2.89. The Kier molecular flexibility index (Phi) is 2.82. The number of fused-ring (bicyclic) bond motifs is 1. The highest BCUT2D eigenvalue weighted by Gasteiger charge is 2.21. The minimum atomic E-state index is -0.781. The first-order valence-electron chi connectivity index (χ1n) is 6.00. The van der Waals surface area contributed by atoms with Crippen LogP contribution in [-0.4, -0.2) is 21.3 Å². The van der Waals surface area contributed by atoms with Gasteiger partial charge in [0.2, 0.25) is 0 Å². The lowest BCUT2D eigenvalue weighted by Gasteiger charge is -2.22. The third-order valence-corrected chi connectivity index (χ3v) is 2.99. The Morgan fingerprint density at radius 1 is 1.26 bits per heavy atom. The minimum Gasteiger partial charge on any atom is -0.368 e. The van der Waals surface area contributed by atoms with E-state index >= 15 is 0 Å². The van der Waals surface area contributed by atoms with Gasteiger partial charge in [-0.2, -0.15) is 0 Å². The van der Waals surface area contributed by atoms with E-state index in [-0.39, 0.29) is 0 Å². The van der Waals surface area contributed by atoms with Crippen LogP contribution in [0.15, 0.2) is 41.5 Å². The molecule has 4 nitrogen and oxygen atoms in total. The summed E-state index contributed by atoms with van der Waals surface area (Å²) in [6.07, 6.45) is 2.50. The van der Waals surface area contributed by atoms with Crippen molar-refractivity contribution in [1.29, 1.82) is 0 Å². The van der Waals surface area contributed by atoms with Crippen LogP contribution in [0.5, 0.6) is 0 Å². The van der Waals surface area contributed by atoms with Crippen molar-refractivity contribution >= 4 is 12.2 Å². The van der Waals surface area contributed by atoms with Crippen molar-refractivity contribution in [2.45, 2.75) is 13.2 Å². The Labute approximate surface area is 111 Å². The SMILES string of the molecule is Cc1ccc(C#CN2C=Nc3[nH]ccc3C2O)cc1. The highest BCUT2D eigenvalue weighted by atomic mass is 16.3. The summed E-state index contributed by atoms with van der Waals surface area (Å²) in [7, 11) is 0. The Bertz CT molecular complexity index is 673. The summed E-state index contributed by atoms with van der Waals surface area (Å²) >= 11 is 0. The standard InChI is InChI=1S/C15H13N3O/c1-11-2-4-12(5-3-11)7-9-18-10-17-14-13(15(18)19)6-8-16-14/h2-6,8,10,15-16,19H,1H3. The maximum atomic E-state index is 10.1. The van der Waals surface area contributed by atoms with Crippen molar-refractivity contribution in [3.8, 4) is 12.0 Å². The molecule has 3 rings (SSSR count). The lowest BCUT2D eigenvalue weighted by atomic mass is 10.2. The predicted octanol–water partition coefficient (Wildman–Crippen LogP) is 2.30. The normalized spacial score (nSPS) is 16.7. The molecule has 2 heterocycles. The number of hydrogen-bond donors (Lipinski definition) is 2. The van der Waals surface area contributed by atoms with Gasteiger partial charge in [0.15, 0.2) is 6.23 Å². The fourth-order valence-electron chi connectivity index (χ4n) is 1.88. The van der Waals surface area contributed by atoms with E-state index in [2.05, 4.69) is 21.9 Å². The smallest absolute Gasteiger partial charge is 0.169 e. The number of aliphatic hydroxyl groups is 1. The van der Waals surface area contributed by atoms with Crippen LogP contribution in [-0.2, 0) is 0 Å². The number of aryl methyl sites for hydroxylation is 1. The quantitative estimate of drug-likeness (QED) is 0.706. The van der Waals surface area contributed by atoms with Gasteiger partial charge in [0, 0.05) is 23.4 Å². The number of H-pyrrole nitrogens is 1. The highest BCUT2D eigenvalue weighted by molar-refractivity contribution is 5.68. The molecule has 0 aliphatic carbocycles. The molecule has 19 heavy (non-hydrogen) atoms. The van der Waals surface area contributed by atoms with Gasteiger partial charge in [0.25, 0.3) is 0 Å². The zero-order valence-corrected chi connectivity index (χ0v) is 10.5. The monoisotopic (exact) mass is 251 g/mol. The molecule has 1 aliphatic rings. The van der Waals surface area contributed by atoms with Crippen molar-refractivity contribution in [1.82, 2.24) is 9.88 Å². The van der Waals surface area contributed by atoms with Crippen LogP contribution >= 0.6 is 0 Å². The van der Waals surface area contributed by atoms with Crippen LogP contribution in [0.1, 0.15) is 22.9 Å². The van der Waals surface area contributed by atoms with Crippen LogP contribution in [0, 0.1) is 18.9 Å². The van der Waals surface area contributed by atoms with E-state index in [4.69, 9.17) is 0 Å². The molecule has 2 aromatic rings. The summed E-state index contributed by atoms with van der Waals surface area (Å²) in [5, 5.41) is 10.1. The summed E-state index contributed by atoms with van der Waals surface area (Å²) in [5.41, 5.74) is 2.84. The van der Waals surface area contributed by atoms with Crippen molar-refractivity contribution in [3.63, 3.8) is 0 Å². The first-order valence-corrected chi connectivity index (χ1v) is 6.00. The number of nitrogens with one attached hydrogen (secondary N) is 1. The van der Waals surface area contributed by atoms with Gasteiger partial charge in [-0.3, -0.25) is 4.90 Å². The van der Waals surface area contributed by atoms with E-state index in [1.54, 1.807) is 12.3 Å². The number of hydrogen-bond acceptors (Lipinski definition) is 3. The van der Waals surface area contributed by atoms with E-state index < -0.39 is 6.23 Å². The molecular formula is C15H13N3O. The van der Waals surface area contributed by atoms with E-state index in [1.165, 1.54) is 16.8 Å². The third-order valence-electron chi connectivity index (χ3n) is 2.99. The van der Waals surface area contributed by atoms with Gasteiger partial charge in [0.05, 0.1) is 0 Å². The van der Waals surface area contributed by atoms with Crippen molar-refractivity contribution in [2.24, 2.45) is 4.99 Å². The second kappa shape index (κ2) is 4.63. The van der Waals surface area contributed by atoms with Crippen LogP contribution in [0.2, 0.25) is 0 Å². The molecule has 0 spiro atoms. The molecule has 94 valence electrons.